The molecular formula is C15H13BrF2. The van der Waals surface area contributed by atoms with Crippen LogP contribution in [0.25, 0.3) is 11.1 Å². The highest BCUT2D eigenvalue weighted by Crippen LogP contribution is 2.24. The molecule has 2 rings (SSSR count). The van der Waals surface area contributed by atoms with Crippen LogP contribution >= 0.6 is 15.9 Å². The summed E-state index contributed by atoms with van der Waals surface area (Å²) in [6.45, 7) is 0. The van der Waals surface area contributed by atoms with Gasteiger partial charge < -0.3 is 0 Å². The minimum Gasteiger partial charge on any atom is -0.207 e. The molecule has 0 heterocycles. The van der Waals surface area contributed by atoms with Crippen LogP contribution in [0.2, 0.25) is 0 Å². The van der Waals surface area contributed by atoms with Gasteiger partial charge in [0.25, 0.3) is 0 Å². The third-order valence-corrected chi connectivity index (χ3v) is 3.36. The molecule has 0 aliphatic heterocycles. The minimum atomic E-state index is -0.551. The first-order valence-corrected chi connectivity index (χ1v) is 6.93. The van der Waals surface area contributed by atoms with Crippen LogP contribution in [0.3, 0.4) is 0 Å². The molecule has 2 aromatic carbocycles. The van der Waals surface area contributed by atoms with Gasteiger partial charge in [0.1, 0.15) is 11.6 Å². The van der Waals surface area contributed by atoms with Crippen molar-refractivity contribution in [2.75, 3.05) is 5.33 Å². The molecule has 94 valence electrons. The molecule has 0 atom stereocenters. The fraction of sp³-hybridized carbons (Fsp3) is 0.200. The highest BCUT2D eigenvalue weighted by Gasteiger charge is 2.06. The van der Waals surface area contributed by atoms with E-state index >= 15 is 0 Å². The predicted molar refractivity (Wildman–Crippen MR) is 73.9 cm³/mol. The molecular weight excluding hydrogens is 298 g/mol. The quantitative estimate of drug-likeness (QED) is 0.700. The molecule has 0 spiro atoms. The summed E-state index contributed by atoms with van der Waals surface area (Å²) in [5, 5.41) is 0.974. The zero-order chi connectivity index (χ0) is 13.0. The molecule has 0 amide bonds. The van der Waals surface area contributed by atoms with Gasteiger partial charge in [-0.25, -0.2) is 8.78 Å². The molecule has 0 radical (unpaired) electrons. The number of alkyl halides is 1. The Bertz CT molecular complexity index is 521. The second-order valence-electron chi connectivity index (χ2n) is 4.11. The van der Waals surface area contributed by atoms with Gasteiger partial charge in [0.15, 0.2) is 0 Å². The number of aryl methyl sites for hydroxylation is 1. The number of hydrogen-bond acceptors (Lipinski definition) is 0. The van der Waals surface area contributed by atoms with E-state index in [9.17, 15) is 8.78 Å². The van der Waals surface area contributed by atoms with E-state index in [1.54, 1.807) is 0 Å². The number of halogens is 3. The molecule has 2 aromatic rings. The molecule has 0 nitrogen and oxygen atoms in total. The maximum absolute atomic E-state index is 13.6. The molecule has 0 fully saturated rings. The Morgan fingerprint density at radius 2 is 1.67 bits per heavy atom. The van der Waals surface area contributed by atoms with Crippen molar-refractivity contribution in [3.05, 3.63) is 59.7 Å². The Hall–Kier alpha value is -1.22. The first-order chi connectivity index (χ1) is 8.70. The van der Waals surface area contributed by atoms with Crippen molar-refractivity contribution in [2.45, 2.75) is 12.8 Å². The third kappa shape index (κ3) is 3.16. The van der Waals surface area contributed by atoms with Gasteiger partial charge in [-0.3, -0.25) is 0 Å². The van der Waals surface area contributed by atoms with E-state index in [1.165, 1.54) is 17.7 Å². The summed E-state index contributed by atoms with van der Waals surface area (Å²) >= 11 is 3.39. The molecule has 0 N–H and O–H groups in total. The van der Waals surface area contributed by atoms with Gasteiger partial charge in [0, 0.05) is 17.0 Å². The van der Waals surface area contributed by atoms with Crippen molar-refractivity contribution >= 4 is 15.9 Å². The molecule has 0 saturated heterocycles. The summed E-state index contributed by atoms with van der Waals surface area (Å²) in [7, 11) is 0. The second kappa shape index (κ2) is 6.10. The largest absolute Gasteiger partial charge is 0.207 e. The zero-order valence-electron chi connectivity index (χ0n) is 9.80. The molecule has 0 bridgehead atoms. The first kappa shape index (κ1) is 13.2. The van der Waals surface area contributed by atoms with Gasteiger partial charge in [0.2, 0.25) is 0 Å². The lowest BCUT2D eigenvalue weighted by molar-refractivity contribution is 0.585. The standard InChI is InChI=1S/C15H13BrF2/c16-9-1-2-11-3-5-12(6-4-11)14-8-7-13(17)10-15(14)18/h3-8,10H,1-2,9H2. The van der Waals surface area contributed by atoms with E-state index in [-0.39, 0.29) is 0 Å². The molecule has 18 heavy (non-hydrogen) atoms. The van der Waals surface area contributed by atoms with Crippen molar-refractivity contribution < 1.29 is 8.78 Å². The Balaban J connectivity index is 2.23. The molecule has 3 heteroatoms. The van der Waals surface area contributed by atoms with Crippen LogP contribution in [0.1, 0.15) is 12.0 Å². The lowest BCUT2D eigenvalue weighted by atomic mass is 10.0. The van der Waals surface area contributed by atoms with E-state index in [0.29, 0.717) is 5.56 Å². The molecule has 0 aliphatic rings. The van der Waals surface area contributed by atoms with Gasteiger partial charge in [-0.15, -0.1) is 0 Å². The summed E-state index contributed by atoms with van der Waals surface area (Å²) in [6, 6.07) is 11.4. The highest BCUT2D eigenvalue weighted by atomic mass is 79.9. The van der Waals surface area contributed by atoms with E-state index < -0.39 is 11.6 Å². The summed E-state index contributed by atoms with van der Waals surface area (Å²) < 4.78 is 26.4. The van der Waals surface area contributed by atoms with Gasteiger partial charge in [0.05, 0.1) is 0 Å². The van der Waals surface area contributed by atoms with E-state index in [2.05, 4.69) is 15.9 Å². The van der Waals surface area contributed by atoms with Crippen LogP contribution < -0.4 is 0 Å². The average molecular weight is 311 g/mol. The fourth-order valence-corrected chi connectivity index (χ4v) is 2.13. The van der Waals surface area contributed by atoms with Crippen molar-refractivity contribution in [2.24, 2.45) is 0 Å². The number of rotatable bonds is 4. The van der Waals surface area contributed by atoms with Crippen LogP contribution in [-0.2, 0) is 6.42 Å². The number of hydrogen-bond donors (Lipinski definition) is 0. The van der Waals surface area contributed by atoms with Crippen molar-refractivity contribution in [1.82, 2.24) is 0 Å². The maximum atomic E-state index is 13.6. The van der Waals surface area contributed by atoms with Crippen molar-refractivity contribution in [3.8, 4) is 11.1 Å². The fourth-order valence-electron chi connectivity index (χ4n) is 1.85. The van der Waals surface area contributed by atoms with Crippen LogP contribution in [0, 0.1) is 11.6 Å². The molecule has 0 aliphatic carbocycles. The average Bonchev–Trinajstić information content (AvgIpc) is 2.37. The summed E-state index contributed by atoms with van der Waals surface area (Å²) in [4.78, 5) is 0. The summed E-state index contributed by atoms with van der Waals surface area (Å²) in [6.07, 6.45) is 2.07. The maximum Gasteiger partial charge on any atom is 0.133 e. The van der Waals surface area contributed by atoms with Crippen molar-refractivity contribution in [3.63, 3.8) is 0 Å². The minimum absolute atomic E-state index is 0.434. The monoisotopic (exact) mass is 310 g/mol. The zero-order valence-corrected chi connectivity index (χ0v) is 11.4. The van der Waals surface area contributed by atoms with Gasteiger partial charge >= 0.3 is 0 Å². The smallest absolute Gasteiger partial charge is 0.133 e. The molecule has 0 saturated carbocycles. The highest BCUT2D eigenvalue weighted by molar-refractivity contribution is 9.09. The predicted octanol–water partition coefficient (Wildman–Crippen LogP) is 4.96. The SMILES string of the molecule is Fc1ccc(-c2ccc(CCCBr)cc2)c(F)c1. The first-order valence-electron chi connectivity index (χ1n) is 5.81. The Morgan fingerprint density at radius 1 is 0.944 bits per heavy atom. The Kier molecular flexibility index (Phi) is 4.48. The van der Waals surface area contributed by atoms with Crippen molar-refractivity contribution in [1.29, 1.82) is 0 Å². The molecule has 0 unspecified atom stereocenters. The van der Waals surface area contributed by atoms with Crippen LogP contribution in [0.15, 0.2) is 42.5 Å². The summed E-state index contributed by atoms with van der Waals surface area (Å²) in [5.74, 6) is -1.08. The van der Waals surface area contributed by atoms with Crippen LogP contribution in [0.5, 0.6) is 0 Å². The normalized spacial score (nSPS) is 10.6. The lowest BCUT2D eigenvalue weighted by Crippen LogP contribution is -1.89. The second-order valence-corrected chi connectivity index (χ2v) is 4.91. The topological polar surface area (TPSA) is 0 Å². The van der Waals surface area contributed by atoms with Gasteiger partial charge in [-0.2, -0.15) is 0 Å². The Morgan fingerprint density at radius 3 is 2.28 bits per heavy atom. The third-order valence-electron chi connectivity index (χ3n) is 2.80. The van der Waals surface area contributed by atoms with Crippen LogP contribution in [0.4, 0.5) is 8.78 Å². The summed E-state index contributed by atoms with van der Waals surface area (Å²) in [5.41, 5.74) is 2.43. The van der Waals surface area contributed by atoms with Crippen LogP contribution in [-0.4, -0.2) is 5.33 Å². The van der Waals surface area contributed by atoms with Gasteiger partial charge in [-0.05, 0) is 36.1 Å². The lowest BCUT2D eigenvalue weighted by Gasteiger charge is -2.05. The van der Waals surface area contributed by atoms with E-state index in [1.807, 2.05) is 24.3 Å². The number of benzene rings is 2. The molecule has 0 aromatic heterocycles. The van der Waals surface area contributed by atoms with E-state index in [0.717, 1.165) is 29.8 Å². The van der Waals surface area contributed by atoms with Gasteiger partial charge in [-0.1, -0.05) is 40.2 Å². The Labute approximate surface area is 114 Å². The van der Waals surface area contributed by atoms with E-state index in [4.69, 9.17) is 0 Å².